The Hall–Kier alpha value is -3.63. The van der Waals surface area contributed by atoms with Crippen molar-refractivity contribution in [3.05, 3.63) is 87.4 Å². The normalized spacial score (nSPS) is 10.9. The summed E-state index contributed by atoms with van der Waals surface area (Å²) in [6.07, 6.45) is 0. The number of anilines is 2. The number of nitrogens with one attached hydrogen (secondary N) is 2. The van der Waals surface area contributed by atoms with Crippen molar-refractivity contribution < 1.29 is 22.9 Å². The molecule has 0 atom stereocenters. The Balaban J connectivity index is 1.74. The third-order valence-corrected chi connectivity index (χ3v) is 6.14. The van der Waals surface area contributed by atoms with E-state index in [2.05, 4.69) is 10.0 Å². The van der Waals surface area contributed by atoms with Crippen molar-refractivity contribution in [2.45, 2.75) is 11.8 Å². The van der Waals surface area contributed by atoms with E-state index in [1.54, 1.807) is 37.3 Å². The van der Waals surface area contributed by atoms with Crippen molar-refractivity contribution in [2.24, 2.45) is 0 Å². The number of sulfonamides is 1. The zero-order valence-electron chi connectivity index (χ0n) is 16.7. The van der Waals surface area contributed by atoms with Gasteiger partial charge in [0, 0.05) is 11.8 Å². The second kappa shape index (κ2) is 9.67. The van der Waals surface area contributed by atoms with Crippen molar-refractivity contribution in [1.29, 1.82) is 0 Å². The Morgan fingerprint density at radius 1 is 1.09 bits per heavy atom. The van der Waals surface area contributed by atoms with E-state index in [4.69, 9.17) is 16.3 Å². The molecule has 0 aliphatic heterocycles. The maximum atomic E-state index is 12.9. The van der Waals surface area contributed by atoms with Gasteiger partial charge >= 0.3 is 5.69 Å². The number of para-hydroxylation sites is 3. The van der Waals surface area contributed by atoms with Gasteiger partial charge in [0.15, 0.2) is 12.4 Å². The Morgan fingerprint density at radius 2 is 1.78 bits per heavy atom. The summed E-state index contributed by atoms with van der Waals surface area (Å²) in [7, 11) is -3.99. The molecule has 0 saturated carbocycles. The van der Waals surface area contributed by atoms with Crippen LogP contribution in [0.4, 0.5) is 17.1 Å². The Bertz CT molecular complexity index is 1280. The fourth-order valence-electron chi connectivity index (χ4n) is 2.78. The molecule has 0 fully saturated rings. The first-order valence-electron chi connectivity index (χ1n) is 9.21. The summed E-state index contributed by atoms with van der Waals surface area (Å²) in [5, 5.41) is 13.8. The van der Waals surface area contributed by atoms with Gasteiger partial charge in [0.1, 0.15) is 0 Å². The maximum absolute atomic E-state index is 12.9. The molecule has 0 spiro atoms. The van der Waals surface area contributed by atoms with Crippen LogP contribution >= 0.6 is 11.6 Å². The number of aryl methyl sites for hydroxylation is 1. The number of rotatable bonds is 8. The molecule has 0 aliphatic carbocycles. The number of ether oxygens (including phenoxy) is 1. The molecule has 3 rings (SSSR count). The molecule has 9 nitrogen and oxygen atoms in total. The van der Waals surface area contributed by atoms with Gasteiger partial charge < -0.3 is 10.1 Å². The minimum Gasteiger partial charge on any atom is -0.477 e. The van der Waals surface area contributed by atoms with Crippen molar-refractivity contribution in [2.75, 3.05) is 16.6 Å². The standard InChI is InChI=1S/C21H18ClN3O6S/c1-14-10-11-15(12-20(14)32(29,30)24-17-7-3-2-6-16(17)22)23-21(26)13-31-19-9-5-4-8-18(19)25(27)28/h2-12,24H,13H2,1H3,(H,23,26). The highest BCUT2D eigenvalue weighted by Crippen LogP contribution is 2.28. The maximum Gasteiger partial charge on any atom is 0.310 e. The van der Waals surface area contributed by atoms with Gasteiger partial charge in [-0.25, -0.2) is 8.42 Å². The number of benzene rings is 3. The molecule has 32 heavy (non-hydrogen) atoms. The number of nitrogens with zero attached hydrogens (tertiary/aromatic N) is 1. The van der Waals surface area contributed by atoms with Gasteiger partial charge in [0.2, 0.25) is 0 Å². The third-order valence-electron chi connectivity index (χ3n) is 4.30. The lowest BCUT2D eigenvalue weighted by Crippen LogP contribution is -2.21. The molecule has 0 aliphatic rings. The van der Waals surface area contributed by atoms with Crippen LogP contribution in [0, 0.1) is 17.0 Å². The van der Waals surface area contributed by atoms with E-state index in [1.165, 1.54) is 36.4 Å². The average Bonchev–Trinajstić information content (AvgIpc) is 2.75. The van der Waals surface area contributed by atoms with Gasteiger partial charge in [0.25, 0.3) is 15.9 Å². The molecule has 3 aromatic rings. The molecule has 11 heteroatoms. The van der Waals surface area contributed by atoms with Crippen LogP contribution in [-0.4, -0.2) is 25.9 Å². The molecule has 0 heterocycles. The summed E-state index contributed by atoms with van der Waals surface area (Å²) in [5.74, 6) is -0.668. The molecule has 1 amide bonds. The van der Waals surface area contributed by atoms with Gasteiger partial charge in [-0.15, -0.1) is 0 Å². The topological polar surface area (TPSA) is 128 Å². The molecule has 0 saturated heterocycles. The van der Waals surface area contributed by atoms with Gasteiger partial charge in [-0.2, -0.15) is 0 Å². The number of amides is 1. The summed E-state index contributed by atoms with van der Waals surface area (Å²) in [6.45, 7) is 1.11. The van der Waals surface area contributed by atoms with Crippen molar-refractivity contribution in [3.8, 4) is 5.75 Å². The second-order valence-corrected chi connectivity index (χ2v) is 8.69. The molecular weight excluding hydrogens is 458 g/mol. The Kier molecular flexibility index (Phi) is 6.96. The zero-order chi connectivity index (χ0) is 23.3. The van der Waals surface area contributed by atoms with Crippen LogP contribution in [-0.2, 0) is 14.8 Å². The van der Waals surface area contributed by atoms with E-state index in [0.29, 0.717) is 5.56 Å². The molecule has 2 N–H and O–H groups in total. The molecule has 0 unspecified atom stereocenters. The highest BCUT2D eigenvalue weighted by atomic mass is 35.5. The van der Waals surface area contributed by atoms with Crippen LogP contribution in [0.5, 0.6) is 5.75 Å². The number of halogens is 1. The minimum atomic E-state index is -3.99. The molecule has 0 bridgehead atoms. The zero-order valence-corrected chi connectivity index (χ0v) is 18.3. The van der Waals surface area contributed by atoms with Gasteiger partial charge in [0.05, 0.1) is 20.5 Å². The predicted molar refractivity (Wildman–Crippen MR) is 121 cm³/mol. The fourth-order valence-corrected chi connectivity index (χ4v) is 4.37. The predicted octanol–water partition coefficient (Wildman–Crippen LogP) is 4.37. The summed E-state index contributed by atoms with van der Waals surface area (Å²) < 4.78 is 33.4. The fraction of sp³-hybridized carbons (Fsp3) is 0.0952. The van der Waals surface area contributed by atoms with Gasteiger partial charge in [-0.1, -0.05) is 41.9 Å². The highest BCUT2D eigenvalue weighted by molar-refractivity contribution is 7.92. The van der Waals surface area contributed by atoms with Crippen molar-refractivity contribution in [1.82, 2.24) is 0 Å². The van der Waals surface area contributed by atoms with Crippen LogP contribution in [0.15, 0.2) is 71.6 Å². The average molecular weight is 476 g/mol. The Labute approximate surface area is 189 Å². The number of hydrogen-bond donors (Lipinski definition) is 2. The van der Waals surface area contributed by atoms with Gasteiger partial charge in [-0.05, 0) is 42.8 Å². The summed E-state index contributed by atoms with van der Waals surface area (Å²) in [4.78, 5) is 22.6. The first-order valence-corrected chi connectivity index (χ1v) is 11.1. The van der Waals surface area contributed by atoms with E-state index in [0.717, 1.165) is 0 Å². The smallest absolute Gasteiger partial charge is 0.310 e. The molecule has 166 valence electrons. The number of carbonyl (C=O) groups is 1. The van der Waals surface area contributed by atoms with E-state index >= 15 is 0 Å². The monoisotopic (exact) mass is 475 g/mol. The van der Waals surface area contributed by atoms with Crippen LogP contribution in [0.3, 0.4) is 0 Å². The lowest BCUT2D eigenvalue weighted by atomic mass is 10.2. The van der Waals surface area contributed by atoms with Crippen molar-refractivity contribution in [3.63, 3.8) is 0 Å². The lowest BCUT2D eigenvalue weighted by molar-refractivity contribution is -0.385. The number of nitro groups is 1. The second-order valence-electron chi connectivity index (χ2n) is 6.63. The highest BCUT2D eigenvalue weighted by Gasteiger charge is 2.20. The largest absolute Gasteiger partial charge is 0.477 e. The third kappa shape index (κ3) is 5.54. The number of carbonyl (C=O) groups excluding carboxylic acids is 1. The SMILES string of the molecule is Cc1ccc(NC(=O)COc2ccccc2[N+](=O)[O-])cc1S(=O)(=O)Nc1ccccc1Cl. The first-order chi connectivity index (χ1) is 15.2. The van der Waals surface area contributed by atoms with Crippen LogP contribution in [0.2, 0.25) is 5.02 Å². The first kappa shape index (κ1) is 23.0. The van der Waals surface area contributed by atoms with Crippen LogP contribution in [0.1, 0.15) is 5.56 Å². The number of hydrogen-bond acceptors (Lipinski definition) is 6. The van der Waals surface area contributed by atoms with E-state index in [-0.39, 0.29) is 32.7 Å². The van der Waals surface area contributed by atoms with Crippen molar-refractivity contribution >= 4 is 44.6 Å². The minimum absolute atomic E-state index is 0.0464. The molecule has 0 aromatic heterocycles. The molecular formula is C21H18ClN3O6S. The molecule has 3 aromatic carbocycles. The van der Waals surface area contributed by atoms with E-state index in [1.807, 2.05) is 0 Å². The quantitative estimate of drug-likeness (QED) is 0.367. The number of nitro benzene ring substituents is 1. The summed E-state index contributed by atoms with van der Waals surface area (Å²) in [5.41, 5.74) is 0.625. The van der Waals surface area contributed by atoms with E-state index < -0.39 is 27.5 Å². The van der Waals surface area contributed by atoms with Gasteiger partial charge in [-0.3, -0.25) is 19.6 Å². The Morgan fingerprint density at radius 3 is 2.50 bits per heavy atom. The van der Waals surface area contributed by atoms with Crippen LogP contribution < -0.4 is 14.8 Å². The van der Waals surface area contributed by atoms with E-state index in [9.17, 15) is 23.3 Å². The van der Waals surface area contributed by atoms with Crippen LogP contribution in [0.25, 0.3) is 0 Å². The lowest BCUT2D eigenvalue weighted by Gasteiger charge is -2.13. The summed E-state index contributed by atoms with van der Waals surface area (Å²) in [6, 6.07) is 16.4. The molecule has 0 radical (unpaired) electrons. The summed E-state index contributed by atoms with van der Waals surface area (Å²) >= 11 is 6.03.